The summed E-state index contributed by atoms with van der Waals surface area (Å²) in [5.41, 5.74) is 0. The normalized spacial score (nSPS) is 19.6. The van der Waals surface area contributed by atoms with E-state index in [1.165, 1.54) is 38.9 Å². The van der Waals surface area contributed by atoms with E-state index in [0.29, 0.717) is 12.6 Å². The summed E-state index contributed by atoms with van der Waals surface area (Å²) in [6.07, 6.45) is 6.03. The lowest BCUT2D eigenvalue weighted by atomic mass is 10.2. The average Bonchev–Trinajstić information content (AvgIpc) is 2.74. The predicted molar refractivity (Wildman–Crippen MR) is 64.1 cm³/mol. The van der Waals surface area contributed by atoms with Crippen molar-refractivity contribution in [3.8, 4) is 0 Å². The molecule has 15 heavy (non-hydrogen) atoms. The number of rotatable bonds is 8. The largest absolute Gasteiger partial charge is 0.396 e. The molecular formula is C12H26N2O. The summed E-state index contributed by atoms with van der Waals surface area (Å²) in [5.74, 6) is 0. The second kappa shape index (κ2) is 8.08. The van der Waals surface area contributed by atoms with Crippen molar-refractivity contribution in [1.29, 1.82) is 0 Å². The lowest BCUT2D eigenvalue weighted by Gasteiger charge is -2.16. The van der Waals surface area contributed by atoms with Crippen LogP contribution in [0.15, 0.2) is 0 Å². The van der Waals surface area contributed by atoms with Crippen LogP contribution in [0.5, 0.6) is 0 Å². The van der Waals surface area contributed by atoms with Crippen LogP contribution in [0.1, 0.15) is 39.0 Å². The molecule has 0 aromatic carbocycles. The molecule has 1 aliphatic rings. The molecule has 1 fully saturated rings. The Morgan fingerprint density at radius 2 is 2.00 bits per heavy atom. The van der Waals surface area contributed by atoms with Crippen molar-refractivity contribution in [2.24, 2.45) is 0 Å². The zero-order valence-electron chi connectivity index (χ0n) is 10.0. The molecule has 1 saturated heterocycles. The van der Waals surface area contributed by atoms with Crippen LogP contribution in [0.2, 0.25) is 0 Å². The van der Waals surface area contributed by atoms with Crippen molar-refractivity contribution in [2.45, 2.75) is 45.1 Å². The van der Waals surface area contributed by atoms with E-state index < -0.39 is 0 Å². The van der Waals surface area contributed by atoms with Crippen molar-refractivity contribution in [3.63, 3.8) is 0 Å². The highest BCUT2D eigenvalue weighted by Crippen LogP contribution is 2.07. The van der Waals surface area contributed by atoms with Gasteiger partial charge in [-0.15, -0.1) is 0 Å². The molecule has 1 atom stereocenters. The summed E-state index contributed by atoms with van der Waals surface area (Å²) >= 11 is 0. The highest BCUT2D eigenvalue weighted by Gasteiger charge is 2.10. The maximum atomic E-state index is 8.70. The van der Waals surface area contributed by atoms with E-state index in [-0.39, 0.29) is 0 Å². The van der Waals surface area contributed by atoms with Gasteiger partial charge in [-0.05, 0) is 65.2 Å². The molecule has 1 rings (SSSR count). The Kier molecular flexibility index (Phi) is 6.98. The van der Waals surface area contributed by atoms with Gasteiger partial charge >= 0.3 is 0 Å². The first-order valence-electron chi connectivity index (χ1n) is 6.39. The molecule has 0 amide bonds. The van der Waals surface area contributed by atoms with Gasteiger partial charge in [0.25, 0.3) is 0 Å². The maximum Gasteiger partial charge on any atom is 0.0431 e. The van der Waals surface area contributed by atoms with E-state index in [0.717, 1.165) is 19.4 Å². The van der Waals surface area contributed by atoms with E-state index in [1.807, 2.05) is 0 Å². The molecule has 1 aliphatic heterocycles. The van der Waals surface area contributed by atoms with Gasteiger partial charge in [-0.3, -0.25) is 0 Å². The Hall–Kier alpha value is -0.120. The minimum atomic E-state index is 0.319. The molecule has 3 heteroatoms. The van der Waals surface area contributed by atoms with Crippen LogP contribution in [0.25, 0.3) is 0 Å². The fourth-order valence-electron chi connectivity index (χ4n) is 2.16. The summed E-state index contributed by atoms with van der Waals surface area (Å²) in [6, 6.07) is 0.552. The first-order valence-corrected chi connectivity index (χ1v) is 6.39. The Morgan fingerprint density at radius 3 is 2.67 bits per heavy atom. The number of hydrogen-bond acceptors (Lipinski definition) is 3. The van der Waals surface area contributed by atoms with Gasteiger partial charge < -0.3 is 15.3 Å². The third kappa shape index (κ3) is 6.13. The van der Waals surface area contributed by atoms with Gasteiger partial charge in [0.1, 0.15) is 0 Å². The van der Waals surface area contributed by atoms with Crippen LogP contribution in [0.4, 0.5) is 0 Å². The SMILES string of the molecule is CC(CCCO)NCCCN1CCCC1. The Morgan fingerprint density at radius 1 is 1.27 bits per heavy atom. The van der Waals surface area contributed by atoms with Gasteiger partial charge in [0.2, 0.25) is 0 Å². The molecule has 0 spiro atoms. The van der Waals surface area contributed by atoms with Crippen LogP contribution in [0.3, 0.4) is 0 Å². The average molecular weight is 214 g/mol. The minimum absolute atomic E-state index is 0.319. The molecule has 2 N–H and O–H groups in total. The second-order valence-corrected chi connectivity index (χ2v) is 4.62. The van der Waals surface area contributed by atoms with E-state index in [2.05, 4.69) is 17.1 Å². The standard InChI is InChI=1S/C12H26N2O/c1-12(6-4-11-15)13-7-5-10-14-8-2-3-9-14/h12-13,15H,2-11H2,1H3. The Labute approximate surface area is 93.9 Å². The molecular weight excluding hydrogens is 188 g/mol. The van der Waals surface area contributed by atoms with Crippen LogP contribution >= 0.6 is 0 Å². The number of nitrogens with zero attached hydrogens (tertiary/aromatic N) is 1. The minimum Gasteiger partial charge on any atom is -0.396 e. The van der Waals surface area contributed by atoms with Crippen molar-refractivity contribution >= 4 is 0 Å². The third-order valence-corrected chi connectivity index (χ3v) is 3.14. The first kappa shape index (κ1) is 12.9. The van der Waals surface area contributed by atoms with E-state index in [9.17, 15) is 0 Å². The first-order chi connectivity index (χ1) is 7.33. The van der Waals surface area contributed by atoms with Crippen LogP contribution in [-0.4, -0.2) is 48.8 Å². The molecule has 3 nitrogen and oxygen atoms in total. The Bertz CT molecular complexity index is 147. The smallest absolute Gasteiger partial charge is 0.0431 e. The number of aliphatic hydroxyl groups excluding tert-OH is 1. The van der Waals surface area contributed by atoms with E-state index in [4.69, 9.17) is 5.11 Å². The summed E-state index contributed by atoms with van der Waals surface area (Å²) in [5, 5.41) is 12.2. The molecule has 0 aromatic heterocycles. The second-order valence-electron chi connectivity index (χ2n) is 4.62. The number of likely N-dealkylation sites (tertiary alicyclic amines) is 1. The quantitative estimate of drug-likeness (QED) is 0.596. The van der Waals surface area contributed by atoms with Crippen LogP contribution in [-0.2, 0) is 0 Å². The van der Waals surface area contributed by atoms with E-state index in [1.54, 1.807) is 0 Å². The van der Waals surface area contributed by atoms with Crippen molar-refractivity contribution in [3.05, 3.63) is 0 Å². The van der Waals surface area contributed by atoms with Gasteiger partial charge in [-0.2, -0.15) is 0 Å². The highest BCUT2D eigenvalue weighted by atomic mass is 16.2. The number of aliphatic hydroxyl groups is 1. The zero-order valence-corrected chi connectivity index (χ0v) is 10.0. The van der Waals surface area contributed by atoms with E-state index >= 15 is 0 Å². The molecule has 1 heterocycles. The van der Waals surface area contributed by atoms with Crippen LogP contribution in [0, 0.1) is 0 Å². The van der Waals surface area contributed by atoms with Crippen molar-refractivity contribution < 1.29 is 5.11 Å². The fraction of sp³-hybridized carbons (Fsp3) is 1.00. The van der Waals surface area contributed by atoms with Gasteiger partial charge in [0.05, 0.1) is 0 Å². The van der Waals surface area contributed by atoms with Crippen molar-refractivity contribution in [2.75, 3.05) is 32.8 Å². The van der Waals surface area contributed by atoms with Gasteiger partial charge in [0, 0.05) is 12.6 Å². The molecule has 90 valence electrons. The molecule has 1 unspecified atom stereocenters. The Balaban J connectivity index is 1.87. The highest BCUT2D eigenvalue weighted by molar-refractivity contribution is 4.67. The number of hydrogen-bond donors (Lipinski definition) is 2. The predicted octanol–water partition coefficient (Wildman–Crippen LogP) is 1.22. The van der Waals surface area contributed by atoms with Crippen molar-refractivity contribution in [1.82, 2.24) is 10.2 Å². The molecule has 0 aliphatic carbocycles. The topological polar surface area (TPSA) is 35.5 Å². The van der Waals surface area contributed by atoms with Gasteiger partial charge in [0.15, 0.2) is 0 Å². The summed E-state index contributed by atoms with van der Waals surface area (Å²) < 4.78 is 0. The number of nitrogens with one attached hydrogen (secondary N) is 1. The molecule has 0 bridgehead atoms. The molecule has 0 radical (unpaired) electrons. The summed E-state index contributed by atoms with van der Waals surface area (Å²) in [6.45, 7) is 7.49. The summed E-state index contributed by atoms with van der Waals surface area (Å²) in [4.78, 5) is 2.56. The van der Waals surface area contributed by atoms with Gasteiger partial charge in [-0.25, -0.2) is 0 Å². The third-order valence-electron chi connectivity index (χ3n) is 3.14. The van der Waals surface area contributed by atoms with Gasteiger partial charge in [-0.1, -0.05) is 0 Å². The monoisotopic (exact) mass is 214 g/mol. The molecule has 0 aromatic rings. The lowest BCUT2D eigenvalue weighted by Crippen LogP contribution is -2.30. The maximum absolute atomic E-state index is 8.70. The molecule has 0 saturated carbocycles. The summed E-state index contributed by atoms with van der Waals surface area (Å²) in [7, 11) is 0. The lowest BCUT2D eigenvalue weighted by molar-refractivity contribution is 0.275. The zero-order chi connectivity index (χ0) is 10.9. The van der Waals surface area contributed by atoms with Crippen LogP contribution < -0.4 is 5.32 Å². The fourth-order valence-corrected chi connectivity index (χ4v) is 2.16.